The van der Waals surface area contributed by atoms with Gasteiger partial charge in [-0.15, -0.1) is 0 Å². The number of nitrogens with zero attached hydrogens (tertiary/aromatic N) is 4. The van der Waals surface area contributed by atoms with E-state index in [9.17, 15) is 15.3 Å². The van der Waals surface area contributed by atoms with Crippen LogP contribution in [0.2, 0.25) is 0 Å². The minimum atomic E-state index is 0. The van der Waals surface area contributed by atoms with Gasteiger partial charge in [-0.1, -0.05) is 47.8 Å². The van der Waals surface area contributed by atoms with Gasteiger partial charge in [-0.2, -0.15) is 0 Å². The first kappa shape index (κ1) is 32.6. The molecule has 0 spiro atoms. The number of halogens is 3. The second-order valence-corrected chi connectivity index (χ2v) is 10.8. The van der Waals surface area contributed by atoms with E-state index in [1.807, 2.05) is 18.2 Å². The first-order chi connectivity index (χ1) is 17.8. The van der Waals surface area contributed by atoms with Crippen molar-refractivity contribution in [3.63, 3.8) is 0 Å². The number of phenolic OH excluding ortho intramolecular Hbond substituents is 3. The number of aliphatic imine (C=N–C) groups is 3. The molecule has 0 aromatic heterocycles. The predicted octanol–water partition coefficient (Wildman–Crippen LogP) is 5.67. The van der Waals surface area contributed by atoms with Gasteiger partial charge in [-0.3, -0.25) is 19.9 Å². The summed E-state index contributed by atoms with van der Waals surface area (Å²) in [6.45, 7) is 3.66. The van der Waals surface area contributed by atoms with Crippen LogP contribution in [-0.2, 0) is 0 Å². The molecule has 38 heavy (non-hydrogen) atoms. The van der Waals surface area contributed by atoms with E-state index in [4.69, 9.17) is 0 Å². The van der Waals surface area contributed by atoms with Crippen molar-refractivity contribution < 1.29 is 15.3 Å². The van der Waals surface area contributed by atoms with Crippen LogP contribution in [0.4, 0.5) is 0 Å². The Morgan fingerprint density at radius 3 is 1.13 bits per heavy atom. The van der Waals surface area contributed by atoms with Gasteiger partial charge < -0.3 is 15.3 Å². The average Bonchev–Trinajstić information content (AvgIpc) is 2.87. The molecule has 11 heteroatoms. The van der Waals surface area contributed by atoms with Crippen molar-refractivity contribution in [1.82, 2.24) is 4.90 Å². The summed E-state index contributed by atoms with van der Waals surface area (Å²) in [6, 6.07) is 15.6. The van der Waals surface area contributed by atoms with Crippen LogP contribution in [-0.4, -0.2) is 105 Å². The molecule has 0 aliphatic carbocycles. The van der Waals surface area contributed by atoms with Crippen LogP contribution >= 0.6 is 47.8 Å². The maximum absolute atomic E-state index is 10.00. The maximum Gasteiger partial charge on any atom is 0.124 e. The molecule has 3 N–H and O–H groups in total. The third-order valence-electron chi connectivity index (χ3n) is 5.30. The fourth-order valence-corrected chi connectivity index (χ4v) is 4.44. The van der Waals surface area contributed by atoms with E-state index in [2.05, 4.69) is 67.7 Å². The van der Waals surface area contributed by atoms with Gasteiger partial charge in [-0.05, 0) is 54.6 Å². The van der Waals surface area contributed by atoms with Crippen molar-refractivity contribution in [3.8, 4) is 17.2 Å². The van der Waals surface area contributed by atoms with Crippen LogP contribution in [0.15, 0.2) is 83.0 Å². The number of aromatic hydroxyl groups is 3. The fraction of sp³-hybridized carbons (Fsp3) is 0.222. The van der Waals surface area contributed by atoms with Gasteiger partial charge in [-0.25, -0.2) is 0 Å². The molecule has 3 aromatic carbocycles. The van der Waals surface area contributed by atoms with Gasteiger partial charge in [0.1, 0.15) is 17.2 Å². The zero-order valence-corrected chi connectivity index (χ0v) is 29.8. The number of hydrogen-bond acceptors (Lipinski definition) is 7. The van der Waals surface area contributed by atoms with Gasteiger partial charge in [0, 0.05) is 95.7 Å². The molecule has 1 radical (unpaired) electrons. The van der Waals surface area contributed by atoms with E-state index in [0.717, 1.165) is 13.4 Å². The van der Waals surface area contributed by atoms with E-state index in [0.29, 0.717) is 56.0 Å². The first-order valence-electron chi connectivity index (χ1n) is 11.5. The van der Waals surface area contributed by atoms with Crippen molar-refractivity contribution in [2.24, 2.45) is 15.0 Å². The third kappa shape index (κ3) is 11.2. The average molecular weight is 900 g/mol. The minimum absolute atomic E-state index is 0. The number of benzene rings is 3. The van der Waals surface area contributed by atoms with Crippen LogP contribution in [0.3, 0.4) is 0 Å². The molecule has 0 saturated heterocycles. The van der Waals surface area contributed by atoms with E-state index in [1.54, 1.807) is 55.0 Å². The molecule has 0 atom stereocenters. The predicted molar refractivity (Wildman–Crippen MR) is 167 cm³/mol. The van der Waals surface area contributed by atoms with E-state index in [1.165, 1.54) is 0 Å². The van der Waals surface area contributed by atoms with Crippen LogP contribution in [0.1, 0.15) is 16.7 Å². The monoisotopic (exact) mass is 897 g/mol. The Morgan fingerprint density at radius 1 is 0.553 bits per heavy atom. The topological polar surface area (TPSA) is 101 Å². The summed E-state index contributed by atoms with van der Waals surface area (Å²) in [4.78, 5) is 15.6. The van der Waals surface area contributed by atoms with Gasteiger partial charge in [0.15, 0.2) is 0 Å². The number of phenols is 3. The molecule has 3 rings (SSSR count). The summed E-state index contributed by atoms with van der Waals surface area (Å²) in [5.41, 5.74) is 1.95. The molecule has 0 unspecified atom stereocenters. The summed E-state index contributed by atoms with van der Waals surface area (Å²) < 4.78 is 2.62. The Hall–Kier alpha value is -1.61. The Labute approximate surface area is 268 Å². The van der Waals surface area contributed by atoms with Crippen molar-refractivity contribution in [3.05, 3.63) is 84.7 Å². The number of rotatable bonds is 12. The number of hydrogen-bond donors (Lipinski definition) is 3. The summed E-state index contributed by atoms with van der Waals surface area (Å²) in [5, 5.41) is 30.0. The zero-order chi connectivity index (χ0) is 26.6. The van der Waals surface area contributed by atoms with Crippen molar-refractivity contribution in [2.45, 2.75) is 0 Å². The molecule has 0 heterocycles. The molecule has 0 aliphatic rings. The quantitative estimate of drug-likeness (QED) is 0.161. The largest absolute Gasteiger partial charge is 0.507 e. The molecule has 0 bridgehead atoms. The smallest absolute Gasteiger partial charge is 0.124 e. The SMILES string of the molecule is Oc1ccc(Br)cc1C=NCCN(CCN=Cc1cc(Br)ccc1O)CCN=Cc1cc(Br)ccc1O.[Tl]. The molecular formula is C27H27Br3N4O3Tl. The van der Waals surface area contributed by atoms with E-state index < -0.39 is 0 Å². The Bertz CT molecular complexity index is 1130. The van der Waals surface area contributed by atoms with Crippen LogP contribution in [0, 0.1) is 0 Å². The molecule has 7 nitrogen and oxygen atoms in total. The van der Waals surface area contributed by atoms with Gasteiger partial charge in [0.2, 0.25) is 0 Å². The fourth-order valence-electron chi connectivity index (χ4n) is 3.31. The zero-order valence-electron chi connectivity index (χ0n) is 20.5. The van der Waals surface area contributed by atoms with Gasteiger partial charge in [0.05, 0.1) is 19.6 Å². The molecule has 0 saturated carbocycles. The molecule has 197 valence electrons. The van der Waals surface area contributed by atoms with Crippen LogP contribution < -0.4 is 0 Å². The van der Waals surface area contributed by atoms with E-state index in [-0.39, 0.29) is 44.5 Å². The van der Waals surface area contributed by atoms with Crippen molar-refractivity contribution in [1.29, 1.82) is 0 Å². The summed E-state index contributed by atoms with van der Waals surface area (Å²) in [6.07, 6.45) is 5.00. The molecule has 0 amide bonds. The summed E-state index contributed by atoms with van der Waals surface area (Å²) in [5.74, 6) is 0.539. The summed E-state index contributed by atoms with van der Waals surface area (Å²) in [7, 11) is 0. The molecule has 3 aromatic rings. The van der Waals surface area contributed by atoms with Crippen LogP contribution in [0.5, 0.6) is 17.2 Å². The standard InChI is InChI=1S/C27H27Br3N4O3.Tl/c28-22-1-4-25(35)19(13-22)16-31-7-10-34(11-8-32-17-20-14-23(29)2-5-26(20)36)12-9-33-18-21-15-24(30)3-6-27(21)37;/h1-6,13-18,35-37H,7-12H2;. The van der Waals surface area contributed by atoms with Gasteiger partial charge >= 0.3 is 0 Å². The second-order valence-electron chi connectivity index (χ2n) is 8.06. The Kier molecular flexibility index (Phi) is 14.7. The minimum Gasteiger partial charge on any atom is -0.507 e. The second kappa shape index (κ2) is 17.2. The first-order valence-corrected chi connectivity index (χ1v) is 13.9. The third-order valence-corrected chi connectivity index (χ3v) is 6.78. The van der Waals surface area contributed by atoms with Crippen molar-refractivity contribution >= 4 is 93.7 Å². The maximum atomic E-state index is 10.00. The molecule has 0 aliphatic heterocycles. The van der Waals surface area contributed by atoms with Gasteiger partial charge in [0.25, 0.3) is 0 Å². The van der Waals surface area contributed by atoms with Crippen molar-refractivity contribution in [2.75, 3.05) is 39.3 Å². The molecular weight excluding hydrogens is 872 g/mol. The summed E-state index contributed by atoms with van der Waals surface area (Å²) >= 11 is 10.2. The van der Waals surface area contributed by atoms with Crippen LogP contribution in [0.25, 0.3) is 0 Å². The molecule has 0 fully saturated rings. The van der Waals surface area contributed by atoms with E-state index >= 15 is 0 Å². The Morgan fingerprint density at radius 2 is 0.842 bits per heavy atom. The Balaban J connectivity index is 0.00000507. The normalized spacial score (nSPS) is 11.7.